The highest BCUT2D eigenvalue weighted by Gasteiger charge is 2.42. The lowest BCUT2D eigenvalue weighted by molar-refractivity contribution is -0.0421. The van der Waals surface area contributed by atoms with Crippen LogP contribution in [0.5, 0.6) is 28.7 Å². The standard InChI is InChI=1S/C24H26O7/c1-24(2)20(25)9-14-15(31-24)7-6-12-22(14)30-19-11-29-16-10-18(27-4)17(26-3)8-13(16)21(19)23(12)28-5/h6-8,10,19-20,25H,9,11H2,1-5H3. The van der Waals surface area contributed by atoms with Gasteiger partial charge in [0, 0.05) is 29.2 Å². The molecular weight excluding hydrogens is 400 g/mol. The van der Waals surface area contributed by atoms with Crippen LogP contribution in [0.3, 0.4) is 0 Å². The second-order valence-electron chi connectivity index (χ2n) is 8.41. The Balaban J connectivity index is 1.70. The van der Waals surface area contributed by atoms with Gasteiger partial charge in [-0.3, -0.25) is 0 Å². The molecule has 3 heterocycles. The number of rotatable bonds is 3. The van der Waals surface area contributed by atoms with Gasteiger partial charge in [0.1, 0.15) is 35.2 Å². The molecule has 0 aliphatic carbocycles. The minimum absolute atomic E-state index is 0.322. The molecule has 2 atom stereocenters. The van der Waals surface area contributed by atoms with Crippen LogP contribution in [0, 0.1) is 0 Å². The number of benzene rings is 2. The zero-order valence-electron chi connectivity index (χ0n) is 18.3. The van der Waals surface area contributed by atoms with E-state index >= 15 is 0 Å². The van der Waals surface area contributed by atoms with Gasteiger partial charge in [-0.05, 0) is 32.0 Å². The van der Waals surface area contributed by atoms with E-state index in [2.05, 4.69) is 0 Å². The first-order chi connectivity index (χ1) is 14.9. The number of hydrogen-bond acceptors (Lipinski definition) is 7. The van der Waals surface area contributed by atoms with Crippen molar-refractivity contribution in [2.45, 2.75) is 38.1 Å². The van der Waals surface area contributed by atoms with Crippen molar-refractivity contribution in [3.05, 3.63) is 41.0 Å². The largest absolute Gasteiger partial charge is 0.496 e. The first-order valence-corrected chi connectivity index (χ1v) is 10.2. The summed E-state index contributed by atoms with van der Waals surface area (Å²) >= 11 is 0. The molecule has 7 nitrogen and oxygen atoms in total. The Bertz CT molecular complexity index is 1090. The van der Waals surface area contributed by atoms with Crippen LogP contribution >= 0.6 is 0 Å². The summed E-state index contributed by atoms with van der Waals surface area (Å²) in [6.45, 7) is 4.09. The Morgan fingerprint density at radius 2 is 1.71 bits per heavy atom. The Kier molecular flexibility index (Phi) is 4.48. The van der Waals surface area contributed by atoms with E-state index in [4.69, 9.17) is 28.4 Å². The van der Waals surface area contributed by atoms with Gasteiger partial charge in [0.2, 0.25) is 0 Å². The van der Waals surface area contributed by atoms with Gasteiger partial charge in [-0.15, -0.1) is 0 Å². The zero-order valence-corrected chi connectivity index (χ0v) is 18.3. The molecule has 2 unspecified atom stereocenters. The van der Waals surface area contributed by atoms with E-state index in [1.807, 2.05) is 38.1 Å². The van der Waals surface area contributed by atoms with E-state index in [0.29, 0.717) is 41.8 Å². The fraction of sp³-hybridized carbons (Fsp3) is 0.417. The summed E-state index contributed by atoms with van der Waals surface area (Å²) in [7, 11) is 4.84. The van der Waals surface area contributed by atoms with Crippen LogP contribution in [-0.2, 0) is 11.2 Å². The van der Waals surface area contributed by atoms with E-state index in [1.54, 1.807) is 21.3 Å². The monoisotopic (exact) mass is 426 g/mol. The molecule has 2 aromatic carbocycles. The van der Waals surface area contributed by atoms with Crippen LogP contribution in [0.1, 0.15) is 30.5 Å². The van der Waals surface area contributed by atoms with Crippen molar-refractivity contribution in [3.63, 3.8) is 0 Å². The lowest BCUT2D eigenvalue weighted by Gasteiger charge is -2.40. The fourth-order valence-electron chi connectivity index (χ4n) is 4.48. The minimum atomic E-state index is -0.663. The lowest BCUT2D eigenvalue weighted by Crippen LogP contribution is -2.46. The molecule has 5 rings (SSSR count). The summed E-state index contributed by atoms with van der Waals surface area (Å²) in [6.07, 6.45) is -0.578. The molecule has 31 heavy (non-hydrogen) atoms. The normalized spacial score (nSPS) is 22.5. The van der Waals surface area contributed by atoms with E-state index in [1.165, 1.54) is 0 Å². The minimum Gasteiger partial charge on any atom is -0.496 e. The van der Waals surface area contributed by atoms with Crippen LogP contribution < -0.4 is 23.7 Å². The van der Waals surface area contributed by atoms with Crippen LogP contribution in [-0.4, -0.2) is 50.9 Å². The second-order valence-corrected chi connectivity index (χ2v) is 8.41. The summed E-state index contributed by atoms with van der Waals surface area (Å²) in [4.78, 5) is 0. The van der Waals surface area contributed by atoms with Gasteiger partial charge < -0.3 is 33.5 Å². The van der Waals surface area contributed by atoms with Gasteiger partial charge in [-0.2, -0.15) is 0 Å². The van der Waals surface area contributed by atoms with Gasteiger partial charge in [0.25, 0.3) is 0 Å². The van der Waals surface area contributed by atoms with Crippen molar-refractivity contribution in [1.82, 2.24) is 0 Å². The highest BCUT2D eigenvalue weighted by atomic mass is 16.6. The van der Waals surface area contributed by atoms with E-state index in [-0.39, 0.29) is 6.10 Å². The molecular formula is C24H26O7. The Morgan fingerprint density at radius 1 is 0.968 bits per heavy atom. The molecule has 3 aliphatic heterocycles. The number of aliphatic hydroxyl groups excluding tert-OH is 1. The van der Waals surface area contributed by atoms with Crippen LogP contribution in [0.4, 0.5) is 0 Å². The van der Waals surface area contributed by atoms with Crippen molar-refractivity contribution in [3.8, 4) is 28.7 Å². The van der Waals surface area contributed by atoms with Gasteiger partial charge in [-0.1, -0.05) is 0 Å². The molecule has 0 saturated carbocycles. The highest BCUT2D eigenvalue weighted by molar-refractivity contribution is 5.96. The topological polar surface area (TPSA) is 75.6 Å². The van der Waals surface area contributed by atoms with Crippen molar-refractivity contribution >= 4 is 11.3 Å². The molecule has 0 fully saturated rings. The molecule has 0 aromatic heterocycles. The second kappa shape index (κ2) is 6.99. The van der Waals surface area contributed by atoms with Crippen molar-refractivity contribution in [2.24, 2.45) is 0 Å². The molecule has 0 amide bonds. The molecule has 0 spiro atoms. The molecule has 7 heteroatoms. The summed E-state index contributed by atoms with van der Waals surface area (Å²) in [6, 6.07) is 7.57. The molecule has 0 saturated heterocycles. The molecule has 1 N–H and O–H groups in total. The maximum atomic E-state index is 10.6. The van der Waals surface area contributed by atoms with Crippen molar-refractivity contribution in [1.29, 1.82) is 0 Å². The lowest BCUT2D eigenvalue weighted by atomic mass is 9.86. The first kappa shape index (κ1) is 19.9. The predicted molar refractivity (Wildman–Crippen MR) is 114 cm³/mol. The summed E-state index contributed by atoms with van der Waals surface area (Å²) in [5.74, 6) is 3.98. The van der Waals surface area contributed by atoms with Gasteiger partial charge in [0.15, 0.2) is 17.6 Å². The van der Waals surface area contributed by atoms with E-state index in [9.17, 15) is 5.11 Å². The average molecular weight is 426 g/mol. The molecule has 2 aromatic rings. The third kappa shape index (κ3) is 2.91. The van der Waals surface area contributed by atoms with Crippen LogP contribution in [0.2, 0.25) is 0 Å². The van der Waals surface area contributed by atoms with E-state index < -0.39 is 11.7 Å². The molecule has 164 valence electrons. The number of ether oxygens (including phenoxy) is 6. The fourth-order valence-corrected chi connectivity index (χ4v) is 4.48. The molecule has 0 bridgehead atoms. The predicted octanol–water partition coefficient (Wildman–Crippen LogP) is 3.45. The SMILES string of the molecule is COC1=C2c3cc(OC)c(OC)cc3OCC2Oc2c1ccc1c2CC(O)C(C)(C)O1. The van der Waals surface area contributed by atoms with Gasteiger partial charge in [0.05, 0.1) is 33.0 Å². The van der Waals surface area contributed by atoms with Gasteiger partial charge >= 0.3 is 0 Å². The van der Waals surface area contributed by atoms with Crippen LogP contribution in [0.15, 0.2) is 24.3 Å². The van der Waals surface area contributed by atoms with Crippen molar-refractivity contribution in [2.75, 3.05) is 27.9 Å². The smallest absolute Gasteiger partial charge is 0.164 e. The molecule has 0 radical (unpaired) electrons. The number of fused-ring (bicyclic) bond motifs is 6. The highest BCUT2D eigenvalue weighted by Crippen LogP contribution is 2.51. The maximum Gasteiger partial charge on any atom is 0.164 e. The van der Waals surface area contributed by atoms with Crippen LogP contribution in [0.25, 0.3) is 11.3 Å². The first-order valence-electron chi connectivity index (χ1n) is 10.2. The summed E-state index contributed by atoms with van der Waals surface area (Å²) in [5, 5.41) is 10.6. The zero-order chi connectivity index (χ0) is 21.9. The average Bonchev–Trinajstić information content (AvgIpc) is 2.77. The summed E-state index contributed by atoms with van der Waals surface area (Å²) < 4.78 is 35.3. The Hall–Kier alpha value is -3.06. The Morgan fingerprint density at radius 3 is 2.42 bits per heavy atom. The number of aliphatic hydroxyl groups is 1. The third-order valence-electron chi connectivity index (χ3n) is 6.23. The number of methoxy groups -OCH3 is 3. The van der Waals surface area contributed by atoms with E-state index in [0.717, 1.165) is 28.0 Å². The summed E-state index contributed by atoms with van der Waals surface area (Å²) in [5.41, 5.74) is 2.74. The van der Waals surface area contributed by atoms with Gasteiger partial charge in [-0.25, -0.2) is 0 Å². The molecule has 3 aliphatic rings. The maximum absolute atomic E-state index is 10.6. The number of hydrogen-bond donors (Lipinski definition) is 1. The van der Waals surface area contributed by atoms with Crippen molar-refractivity contribution < 1.29 is 33.5 Å². The third-order valence-corrected chi connectivity index (χ3v) is 6.23. The Labute approximate surface area is 181 Å². The quantitative estimate of drug-likeness (QED) is 0.806.